The molecule has 2 nitrogen and oxygen atoms in total. The molecule has 2 atom stereocenters. The smallest absolute Gasteiger partial charge is 0.0839 e. The van der Waals surface area contributed by atoms with E-state index in [9.17, 15) is 0 Å². The molecule has 1 saturated heterocycles. The Balaban J connectivity index is 1.69. The van der Waals surface area contributed by atoms with Crippen molar-refractivity contribution < 1.29 is 4.74 Å². The number of ether oxygens (including phenoxy) is 1. The summed E-state index contributed by atoms with van der Waals surface area (Å²) in [7, 11) is 2.04. The third-order valence-electron chi connectivity index (χ3n) is 4.05. The van der Waals surface area contributed by atoms with Crippen molar-refractivity contribution in [1.29, 1.82) is 0 Å². The van der Waals surface area contributed by atoms with Crippen LogP contribution in [0.2, 0.25) is 0 Å². The van der Waals surface area contributed by atoms with E-state index in [-0.39, 0.29) is 6.10 Å². The highest BCUT2D eigenvalue weighted by atomic mass is 16.5. The van der Waals surface area contributed by atoms with Gasteiger partial charge < -0.3 is 10.1 Å². The predicted octanol–water partition coefficient (Wildman–Crippen LogP) is 3.00. The molecular weight excluding hydrogens is 210 g/mol. The average Bonchev–Trinajstić information content (AvgIpc) is 3.23. The van der Waals surface area contributed by atoms with Crippen LogP contribution in [0, 0.1) is 0 Å². The van der Waals surface area contributed by atoms with E-state index in [2.05, 4.69) is 29.6 Å². The molecule has 1 N–H and O–H groups in total. The fourth-order valence-electron chi connectivity index (χ4n) is 2.69. The summed E-state index contributed by atoms with van der Waals surface area (Å²) in [6, 6.07) is 9.71. The maximum atomic E-state index is 5.87. The van der Waals surface area contributed by atoms with E-state index in [4.69, 9.17) is 4.74 Å². The normalized spacial score (nSPS) is 29.2. The molecule has 0 bridgehead atoms. The Labute approximate surface area is 103 Å². The Morgan fingerprint density at radius 1 is 1.06 bits per heavy atom. The van der Waals surface area contributed by atoms with Crippen LogP contribution < -0.4 is 5.32 Å². The molecule has 2 unspecified atom stereocenters. The second kappa shape index (κ2) is 4.79. The minimum atomic E-state index is 0.287. The van der Waals surface area contributed by atoms with Gasteiger partial charge in [-0.25, -0.2) is 0 Å². The van der Waals surface area contributed by atoms with Gasteiger partial charge in [0.1, 0.15) is 0 Å². The van der Waals surface area contributed by atoms with Crippen LogP contribution in [0.5, 0.6) is 0 Å². The number of hydrogen-bond donors (Lipinski definition) is 1. The summed E-state index contributed by atoms with van der Waals surface area (Å²) in [5, 5.41) is 3.36. The zero-order valence-electron chi connectivity index (χ0n) is 10.5. The molecule has 1 aliphatic carbocycles. The lowest BCUT2D eigenvalue weighted by atomic mass is 9.96. The highest BCUT2D eigenvalue weighted by molar-refractivity contribution is 5.29. The van der Waals surface area contributed by atoms with Gasteiger partial charge in [-0.2, -0.15) is 0 Å². The molecule has 0 aromatic heterocycles. The molecule has 0 amide bonds. The second-order valence-corrected chi connectivity index (χ2v) is 5.31. The van der Waals surface area contributed by atoms with Crippen molar-refractivity contribution in [2.75, 3.05) is 13.7 Å². The van der Waals surface area contributed by atoms with Gasteiger partial charge in [-0.15, -0.1) is 0 Å². The van der Waals surface area contributed by atoms with Gasteiger partial charge in [0.15, 0.2) is 0 Å². The second-order valence-electron chi connectivity index (χ2n) is 5.31. The van der Waals surface area contributed by atoms with Crippen LogP contribution in [0.3, 0.4) is 0 Å². The van der Waals surface area contributed by atoms with E-state index in [0.717, 1.165) is 25.4 Å². The Hall–Kier alpha value is -0.860. The van der Waals surface area contributed by atoms with E-state index in [1.165, 1.54) is 24.0 Å². The molecule has 1 heterocycles. The first-order chi connectivity index (χ1) is 8.36. The Kier molecular flexibility index (Phi) is 3.17. The monoisotopic (exact) mass is 231 g/mol. The molecule has 1 aliphatic heterocycles. The van der Waals surface area contributed by atoms with Gasteiger partial charge in [-0.05, 0) is 49.8 Å². The standard InChI is InChI=1S/C15H21NO/c1-16-14-8-9-17-15(10-14)13-6-4-12(5-7-13)11-2-3-11/h4-7,11,14-16H,2-3,8-10H2,1H3. The lowest BCUT2D eigenvalue weighted by Gasteiger charge is -2.29. The summed E-state index contributed by atoms with van der Waals surface area (Å²) in [5.74, 6) is 0.849. The van der Waals surface area contributed by atoms with Crippen LogP contribution in [0.15, 0.2) is 24.3 Å². The predicted molar refractivity (Wildman–Crippen MR) is 69.2 cm³/mol. The number of rotatable bonds is 3. The third kappa shape index (κ3) is 2.53. The van der Waals surface area contributed by atoms with Crippen LogP contribution >= 0.6 is 0 Å². The first-order valence-electron chi connectivity index (χ1n) is 6.75. The van der Waals surface area contributed by atoms with Crippen molar-refractivity contribution in [3.8, 4) is 0 Å². The summed E-state index contributed by atoms with van der Waals surface area (Å²) in [5.41, 5.74) is 2.85. The lowest BCUT2D eigenvalue weighted by Crippen LogP contribution is -2.33. The van der Waals surface area contributed by atoms with E-state index in [1.54, 1.807) is 0 Å². The molecule has 17 heavy (non-hydrogen) atoms. The van der Waals surface area contributed by atoms with E-state index < -0.39 is 0 Å². The first-order valence-corrected chi connectivity index (χ1v) is 6.75. The van der Waals surface area contributed by atoms with E-state index in [0.29, 0.717) is 6.04 Å². The summed E-state index contributed by atoms with van der Waals surface area (Å²) in [6.45, 7) is 0.876. The largest absolute Gasteiger partial charge is 0.373 e. The van der Waals surface area contributed by atoms with Crippen molar-refractivity contribution in [3.63, 3.8) is 0 Å². The zero-order valence-corrected chi connectivity index (χ0v) is 10.5. The van der Waals surface area contributed by atoms with Crippen molar-refractivity contribution in [2.24, 2.45) is 0 Å². The fourth-order valence-corrected chi connectivity index (χ4v) is 2.69. The highest BCUT2D eigenvalue weighted by Gasteiger charge is 2.25. The van der Waals surface area contributed by atoms with Crippen molar-refractivity contribution >= 4 is 0 Å². The number of hydrogen-bond acceptors (Lipinski definition) is 2. The van der Waals surface area contributed by atoms with Crippen LogP contribution in [0.25, 0.3) is 0 Å². The quantitative estimate of drug-likeness (QED) is 0.863. The van der Waals surface area contributed by atoms with Gasteiger partial charge in [0, 0.05) is 12.6 Å². The zero-order chi connectivity index (χ0) is 11.7. The molecule has 2 aliphatic rings. The SMILES string of the molecule is CNC1CCOC(c2ccc(C3CC3)cc2)C1. The van der Waals surface area contributed by atoms with Crippen LogP contribution in [0.4, 0.5) is 0 Å². The fraction of sp³-hybridized carbons (Fsp3) is 0.600. The maximum Gasteiger partial charge on any atom is 0.0839 e. The molecule has 0 radical (unpaired) electrons. The lowest BCUT2D eigenvalue weighted by molar-refractivity contribution is 0.00154. The summed E-state index contributed by atoms with van der Waals surface area (Å²) in [6.07, 6.45) is 5.27. The molecule has 1 aromatic rings. The van der Waals surface area contributed by atoms with Crippen molar-refractivity contribution in [2.45, 2.75) is 43.7 Å². The Bertz CT molecular complexity index is 369. The minimum absolute atomic E-state index is 0.287. The minimum Gasteiger partial charge on any atom is -0.373 e. The summed E-state index contributed by atoms with van der Waals surface area (Å²) < 4.78 is 5.87. The molecule has 0 spiro atoms. The molecule has 3 rings (SSSR count). The van der Waals surface area contributed by atoms with E-state index >= 15 is 0 Å². The van der Waals surface area contributed by atoms with Gasteiger partial charge in [0.05, 0.1) is 6.10 Å². The molecule has 1 aromatic carbocycles. The molecular formula is C15H21NO. The number of nitrogens with one attached hydrogen (secondary N) is 1. The number of benzene rings is 1. The summed E-state index contributed by atoms with van der Waals surface area (Å²) in [4.78, 5) is 0. The van der Waals surface area contributed by atoms with Crippen LogP contribution in [0.1, 0.15) is 48.8 Å². The molecule has 1 saturated carbocycles. The van der Waals surface area contributed by atoms with Crippen LogP contribution in [-0.2, 0) is 4.74 Å². The molecule has 92 valence electrons. The Morgan fingerprint density at radius 3 is 2.41 bits per heavy atom. The van der Waals surface area contributed by atoms with Crippen molar-refractivity contribution in [1.82, 2.24) is 5.32 Å². The first kappa shape index (κ1) is 11.2. The van der Waals surface area contributed by atoms with Gasteiger partial charge in [-0.1, -0.05) is 24.3 Å². The average molecular weight is 231 g/mol. The summed E-state index contributed by atoms with van der Waals surface area (Å²) >= 11 is 0. The van der Waals surface area contributed by atoms with Crippen molar-refractivity contribution in [3.05, 3.63) is 35.4 Å². The highest BCUT2D eigenvalue weighted by Crippen LogP contribution is 2.40. The van der Waals surface area contributed by atoms with Crippen LogP contribution in [-0.4, -0.2) is 19.7 Å². The third-order valence-corrected chi connectivity index (χ3v) is 4.05. The van der Waals surface area contributed by atoms with E-state index in [1.807, 2.05) is 7.05 Å². The molecule has 2 heteroatoms. The van der Waals surface area contributed by atoms with Gasteiger partial charge >= 0.3 is 0 Å². The van der Waals surface area contributed by atoms with Gasteiger partial charge in [0.2, 0.25) is 0 Å². The maximum absolute atomic E-state index is 5.87. The topological polar surface area (TPSA) is 21.3 Å². The van der Waals surface area contributed by atoms with Gasteiger partial charge in [-0.3, -0.25) is 0 Å². The Morgan fingerprint density at radius 2 is 1.76 bits per heavy atom. The molecule has 2 fully saturated rings. The van der Waals surface area contributed by atoms with Gasteiger partial charge in [0.25, 0.3) is 0 Å².